The van der Waals surface area contributed by atoms with Crippen molar-refractivity contribution in [3.05, 3.63) is 59.2 Å². The van der Waals surface area contributed by atoms with E-state index in [4.69, 9.17) is 4.74 Å². The van der Waals surface area contributed by atoms with Crippen LogP contribution in [-0.2, 0) is 5.60 Å². The average molecular weight is 380 g/mol. The van der Waals surface area contributed by atoms with Crippen LogP contribution < -0.4 is 4.74 Å². The van der Waals surface area contributed by atoms with Crippen LogP contribution in [-0.4, -0.2) is 43.2 Å². The van der Waals surface area contributed by atoms with Crippen molar-refractivity contribution in [2.45, 2.75) is 25.6 Å². The number of halogens is 3. The van der Waals surface area contributed by atoms with E-state index in [1.54, 1.807) is 19.3 Å². The molecule has 0 aromatic heterocycles. The van der Waals surface area contributed by atoms with Gasteiger partial charge in [0.1, 0.15) is 5.75 Å². The van der Waals surface area contributed by atoms with Crippen LogP contribution in [0.3, 0.4) is 0 Å². The number of benzene rings is 2. The summed E-state index contributed by atoms with van der Waals surface area (Å²) in [6.45, 7) is 4.33. The quantitative estimate of drug-likeness (QED) is 0.596. The molecule has 27 heavy (non-hydrogen) atoms. The molecule has 0 aliphatic rings. The zero-order valence-electron chi connectivity index (χ0n) is 15.7. The largest absolute Gasteiger partial charge is 0.496 e. The van der Waals surface area contributed by atoms with Crippen LogP contribution in [0.2, 0.25) is 0 Å². The first-order valence-electron chi connectivity index (χ1n) is 8.43. The molecular formula is C20H23F3N2O2. The van der Waals surface area contributed by atoms with Crippen molar-refractivity contribution in [2.24, 2.45) is 4.99 Å². The second kappa shape index (κ2) is 8.00. The number of ether oxygens (including phenoxy) is 1. The van der Waals surface area contributed by atoms with Gasteiger partial charge in [-0.2, -0.15) is 13.2 Å². The Bertz CT molecular complexity index is 807. The maximum atomic E-state index is 14.0. The van der Waals surface area contributed by atoms with Gasteiger partial charge in [-0.3, -0.25) is 0 Å². The van der Waals surface area contributed by atoms with Crippen LogP contribution in [0.4, 0.5) is 18.9 Å². The normalized spacial score (nSPS) is 14.2. The van der Waals surface area contributed by atoms with Gasteiger partial charge >= 0.3 is 6.18 Å². The number of hydrogen-bond donors (Lipinski definition) is 1. The van der Waals surface area contributed by atoms with Crippen molar-refractivity contribution >= 4 is 12.0 Å². The maximum absolute atomic E-state index is 14.0. The SMILES string of the molecule is CCN(C)C=Nc1cc(OC)c(C(O)(c2ccccc2)C(F)(F)F)cc1C. The highest BCUT2D eigenvalue weighted by molar-refractivity contribution is 5.66. The maximum Gasteiger partial charge on any atom is 0.425 e. The Morgan fingerprint density at radius 3 is 2.33 bits per heavy atom. The van der Waals surface area contributed by atoms with Gasteiger partial charge in [-0.1, -0.05) is 30.3 Å². The van der Waals surface area contributed by atoms with Gasteiger partial charge in [0.05, 0.1) is 19.1 Å². The number of aryl methyl sites for hydroxylation is 1. The van der Waals surface area contributed by atoms with E-state index < -0.39 is 11.8 Å². The Morgan fingerprint density at radius 2 is 1.81 bits per heavy atom. The molecule has 0 bridgehead atoms. The van der Waals surface area contributed by atoms with Gasteiger partial charge in [0, 0.05) is 25.2 Å². The number of nitrogens with zero attached hydrogens (tertiary/aromatic N) is 2. The highest BCUT2D eigenvalue weighted by atomic mass is 19.4. The smallest absolute Gasteiger partial charge is 0.425 e. The summed E-state index contributed by atoms with van der Waals surface area (Å²) < 4.78 is 47.1. The summed E-state index contributed by atoms with van der Waals surface area (Å²) in [6.07, 6.45) is -3.35. The molecule has 0 heterocycles. The van der Waals surface area contributed by atoms with E-state index in [2.05, 4.69) is 4.99 Å². The van der Waals surface area contributed by atoms with E-state index in [0.717, 1.165) is 6.54 Å². The number of aliphatic imine (C=N–C) groups is 1. The second-order valence-corrected chi connectivity index (χ2v) is 6.23. The molecule has 4 nitrogen and oxygen atoms in total. The minimum atomic E-state index is -4.94. The first-order valence-corrected chi connectivity index (χ1v) is 8.43. The highest BCUT2D eigenvalue weighted by Crippen LogP contribution is 2.48. The Morgan fingerprint density at radius 1 is 1.19 bits per heavy atom. The molecule has 1 atom stereocenters. The Hall–Kier alpha value is -2.54. The van der Waals surface area contributed by atoms with E-state index in [1.807, 2.05) is 18.9 Å². The van der Waals surface area contributed by atoms with Gasteiger partial charge in [0.2, 0.25) is 5.60 Å². The third-order valence-corrected chi connectivity index (χ3v) is 4.40. The first kappa shape index (κ1) is 20.8. The summed E-state index contributed by atoms with van der Waals surface area (Å²) in [4.78, 5) is 6.13. The number of hydrogen-bond acceptors (Lipinski definition) is 3. The molecule has 0 saturated heterocycles. The van der Waals surface area contributed by atoms with Gasteiger partial charge in [-0.15, -0.1) is 0 Å². The summed E-state index contributed by atoms with van der Waals surface area (Å²) in [7, 11) is 3.10. The molecule has 0 amide bonds. The van der Waals surface area contributed by atoms with Crippen LogP contribution >= 0.6 is 0 Å². The third-order valence-electron chi connectivity index (χ3n) is 4.40. The molecule has 146 valence electrons. The van der Waals surface area contributed by atoms with Crippen molar-refractivity contribution in [3.8, 4) is 5.75 Å². The monoisotopic (exact) mass is 380 g/mol. The number of alkyl halides is 3. The number of aliphatic hydroxyl groups is 1. The summed E-state index contributed by atoms with van der Waals surface area (Å²) in [5, 5.41) is 10.8. The second-order valence-electron chi connectivity index (χ2n) is 6.23. The highest BCUT2D eigenvalue weighted by Gasteiger charge is 2.57. The molecule has 2 aromatic rings. The lowest BCUT2D eigenvalue weighted by Crippen LogP contribution is -2.43. The lowest BCUT2D eigenvalue weighted by Gasteiger charge is -2.33. The number of rotatable bonds is 6. The molecule has 0 aliphatic heterocycles. The van der Waals surface area contributed by atoms with Crippen molar-refractivity contribution in [2.75, 3.05) is 20.7 Å². The van der Waals surface area contributed by atoms with Crippen molar-refractivity contribution in [1.29, 1.82) is 0 Å². The number of methoxy groups -OCH3 is 1. The summed E-state index contributed by atoms with van der Waals surface area (Å²) in [5.74, 6) is -0.0874. The van der Waals surface area contributed by atoms with E-state index in [1.165, 1.54) is 43.5 Å². The topological polar surface area (TPSA) is 45.1 Å². The standard InChI is InChI=1S/C20H23F3N2O2/c1-5-25(3)13-24-17-12-18(27-4)16(11-14(17)2)19(26,20(21,22)23)15-9-7-6-8-10-15/h6-13,26H,5H2,1-4H3. The fourth-order valence-electron chi connectivity index (χ4n) is 2.66. The van der Waals surface area contributed by atoms with E-state index in [0.29, 0.717) is 11.3 Å². The van der Waals surface area contributed by atoms with Crippen LogP contribution in [0.1, 0.15) is 23.6 Å². The van der Waals surface area contributed by atoms with Gasteiger partial charge in [-0.25, -0.2) is 4.99 Å². The Balaban J connectivity index is 2.68. The van der Waals surface area contributed by atoms with Crippen LogP contribution in [0.15, 0.2) is 47.5 Å². The third kappa shape index (κ3) is 4.08. The summed E-state index contributed by atoms with van der Waals surface area (Å²) in [6, 6.07) is 9.65. The van der Waals surface area contributed by atoms with Crippen LogP contribution in [0.25, 0.3) is 0 Å². The molecular weight excluding hydrogens is 357 g/mol. The molecule has 0 saturated carbocycles. The van der Waals surface area contributed by atoms with E-state index >= 15 is 0 Å². The molecule has 0 spiro atoms. The predicted molar refractivity (Wildman–Crippen MR) is 99.7 cm³/mol. The zero-order chi connectivity index (χ0) is 20.2. The van der Waals surface area contributed by atoms with Gasteiger partial charge in [0.25, 0.3) is 0 Å². The minimum absolute atomic E-state index is 0.0874. The Labute approximate surface area is 156 Å². The van der Waals surface area contributed by atoms with Crippen molar-refractivity contribution in [3.63, 3.8) is 0 Å². The molecule has 7 heteroatoms. The molecule has 2 rings (SSSR count). The van der Waals surface area contributed by atoms with E-state index in [9.17, 15) is 18.3 Å². The van der Waals surface area contributed by atoms with E-state index in [-0.39, 0.29) is 16.9 Å². The van der Waals surface area contributed by atoms with Gasteiger partial charge in [-0.05, 0) is 31.0 Å². The Kier molecular flexibility index (Phi) is 6.15. The van der Waals surface area contributed by atoms with Crippen molar-refractivity contribution in [1.82, 2.24) is 4.90 Å². The zero-order valence-corrected chi connectivity index (χ0v) is 15.7. The summed E-state index contributed by atoms with van der Waals surface area (Å²) in [5.41, 5.74) is -2.90. The molecule has 1 unspecified atom stereocenters. The van der Waals surface area contributed by atoms with Crippen molar-refractivity contribution < 1.29 is 23.0 Å². The van der Waals surface area contributed by atoms with Crippen LogP contribution in [0.5, 0.6) is 5.75 Å². The molecule has 0 aliphatic carbocycles. The molecule has 1 N–H and O–H groups in total. The lowest BCUT2D eigenvalue weighted by atomic mass is 9.84. The fraction of sp³-hybridized carbons (Fsp3) is 0.350. The van der Waals surface area contributed by atoms with Gasteiger partial charge in [0.15, 0.2) is 0 Å². The molecule has 0 radical (unpaired) electrons. The predicted octanol–water partition coefficient (Wildman–Crippen LogP) is 4.41. The van der Waals surface area contributed by atoms with Gasteiger partial charge < -0.3 is 14.7 Å². The molecule has 0 fully saturated rings. The average Bonchev–Trinajstić information content (AvgIpc) is 2.65. The summed E-state index contributed by atoms with van der Waals surface area (Å²) >= 11 is 0. The molecule has 2 aromatic carbocycles. The lowest BCUT2D eigenvalue weighted by molar-refractivity contribution is -0.248. The minimum Gasteiger partial charge on any atom is -0.496 e. The first-order chi connectivity index (χ1) is 12.6. The fourth-order valence-corrected chi connectivity index (χ4v) is 2.66. The van der Waals surface area contributed by atoms with Crippen LogP contribution in [0, 0.1) is 6.92 Å².